The summed E-state index contributed by atoms with van der Waals surface area (Å²) < 4.78 is 5.45. The number of nitrogens with one attached hydrogen (secondary N) is 1. The number of halogens is 1. The molecule has 21 heavy (non-hydrogen) atoms. The van der Waals surface area contributed by atoms with Gasteiger partial charge in [-0.1, -0.05) is 24.1 Å². The second-order valence-corrected chi connectivity index (χ2v) is 7.47. The first-order valence-electron chi connectivity index (χ1n) is 8.32. The van der Waals surface area contributed by atoms with Gasteiger partial charge in [0.1, 0.15) is 5.75 Å². The minimum absolute atomic E-state index is 0.690. The number of fused-ring (bicyclic) bond motifs is 5. The number of hydrogen-bond donors (Lipinski definition) is 1. The molecule has 4 rings (SSSR count). The Labute approximate surface area is 132 Å². The molecule has 0 aromatic heterocycles. The summed E-state index contributed by atoms with van der Waals surface area (Å²) in [5, 5.41) is 4.60. The third-order valence-electron chi connectivity index (χ3n) is 6.27. The van der Waals surface area contributed by atoms with E-state index in [0.29, 0.717) is 6.04 Å². The van der Waals surface area contributed by atoms with Gasteiger partial charge in [-0.2, -0.15) is 0 Å². The van der Waals surface area contributed by atoms with Gasteiger partial charge in [0.2, 0.25) is 0 Å². The SMILES string of the molecule is COc1cccc(Cl)c1CNC1CC2CC1C1CCCC21. The molecule has 1 aromatic carbocycles. The molecule has 2 bridgehead atoms. The fourth-order valence-electron chi connectivity index (χ4n) is 5.44. The van der Waals surface area contributed by atoms with Crippen molar-refractivity contribution in [3.05, 3.63) is 28.8 Å². The molecule has 0 aliphatic heterocycles. The van der Waals surface area contributed by atoms with E-state index in [1.807, 2.05) is 18.2 Å². The Hall–Kier alpha value is -0.730. The molecule has 3 heteroatoms. The van der Waals surface area contributed by atoms with E-state index in [0.717, 1.165) is 46.6 Å². The van der Waals surface area contributed by atoms with Gasteiger partial charge in [-0.05, 0) is 61.5 Å². The Morgan fingerprint density at radius 2 is 2.05 bits per heavy atom. The van der Waals surface area contributed by atoms with Crippen LogP contribution in [0.25, 0.3) is 0 Å². The summed E-state index contributed by atoms with van der Waals surface area (Å²) in [4.78, 5) is 0. The summed E-state index contributed by atoms with van der Waals surface area (Å²) >= 11 is 6.34. The molecule has 0 saturated heterocycles. The highest BCUT2D eigenvalue weighted by molar-refractivity contribution is 6.31. The van der Waals surface area contributed by atoms with Crippen molar-refractivity contribution in [3.63, 3.8) is 0 Å². The van der Waals surface area contributed by atoms with Crippen molar-refractivity contribution in [3.8, 4) is 5.75 Å². The van der Waals surface area contributed by atoms with Gasteiger partial charge in [0.25, 0.3) is 0 Å². The lowest BCUT2D eigenvalue weighted by Gasteiger charge is -2.32. The number of ether oxygens (including phenoxy) is 1. The lowest BCUT2D eigenvalue weighted by molar-refractivity contribution is 0.207. The number of methoxy groups -OCH3 is 1. The van der Waals surface area contributed by atoms with Crippen molar-refractivity contribution in [2.75, 3.05) is 7.11 Å². The molecule has 0 spiro atoms. The standard InChI is InChI=1S/C18H24ClNO/c1-21-18-7-3-6-16(19)15(18)10-20-17-9-11-8-14(17)13-5-2-4-12(11)13/h3,6-7,11-14,17,20H,2,4-5,8-10H2,1H3. The van der Waals surface area contributed by atoms with E-state index in [9.17, 15) is 0 Å². The van der Waals surface area contributed by atoms with E-state index < -0.39 is 0 Å². The molecule has 3 saturated carbocycles. The highest BCUT2D eigenvalue weighted by Crippen LogP contribution is 2.58. The van der Waals surface area contributed by atoms with E-state index in [1.54, 1.807) is 7.11 Å². The average Bonchev–Trinajstić information content (AvgIpc) is 3.17. The zero-order chi connectivity index (χ0) is 14.4. The second-order valence-electron chi connectivity index (χ2n) is 7.06. The van der Waals surface area contributed by atoms with Crippen molar-refractivity contribution in [2.45, 2.75) is 44.7 Å². The van der Waals surface area contributed by atoms with Gasteiger partial charge in [-0.3, -0.25) is 0 Å². The van der Waals surface area contributed by atoms with Gasteiger partial charge in [0.15, 0.2) is 0 Å². The highest BCUT2D eigenvalue weighted by atomic mass is 35.5. The van der Waals surface area contributed by atoms with E-state index in [2.05, 4.69) is 5.32 Å². The van der Waals surface area contributed by atoms with E-state index >= 15 is 0 Å². The largest absolute Gasteiger partial charge is 0.496 e. The lowest BCUT2D eigenvalue weighted by atomic mass is 9.79. The zero-order valence-electron chi connectivity index (χ0n) is 12.6. The Bertz CT molecular complexity index is 532. The topological polar surface area (TPSA) is 21.3 Å². The molecule has 0 amide bonds. The van der Waals surface area contributed by atoms with Gasteiger partial charge in [-0.25, -0.2) is 0 Å². The number of hydrogen-bond acceptors (Lipinski definition) is 2. The maximum absolute atomic E-state index is 6.34. The Morgan fingerprint density at radius 3 is 2.90 bits per heavy atom. The normalized spacial score (nSPS) is 37.0. The first kappa shape index (κ1) is 13.9. The highest BCUT2D eigenvalue weighted by Gasteiger charge is 2.53. The van der Waals surface area contributed by atoms with Crippen LogP contribution in [0, 0.1) is 23.7 Å². The molecular formula is C18H24ClNO. The molecule has 5 unspecified atom stereocenters. The fourth-order valence-corrected chi connectivity index (χ4v) is 5.67. The molecule has 2 nitrogen and oxygen atoms in total. The summed E-state index contributed by atoms with van der Waals surface area (Å²) in [5.74, 6) is 4.87. The van der Waals surface area contributed by atoms with Crippen LogP contribution < -0.4 is 10.1 Å². The Balaban J connectivity index is 1.44. The summed E-state index contributed by atoms with van der Waals surface area (Å²) in [7, 11) is 1.72. The Kier molecular flexibility index (Phi) is 3.63. The molecular weight excluding hydrogens is 282 g/mol. The van der Waals surface area contributed by atoms with Gasteiger partial charge in [0.05, 0.1) is 7.11 Å². The van der Waals surface area contributed by atoms with Crippen LogP contribution in [-0.2, 0) is 6.54 Å². The zero-order valence-corrected chi connectivity index (χ0v) is 13.4. The predicted molar refractivity (Wildman–Crippen MR) is 85.7 cm³/mol. The minimum atomic E-state index is 0.690. The quantitative estimate of drug-likeness (QED) is 0.897. The predicted octanol–water partition coefficient (Wildman–Crippen LogP) is 4.26. The van der Waals surface area contributed by atoms with E-state index in [-0.39, 0.29) is 0 Å². The van der Waals surface area contributed by atoms with Crippen molar-refractivity contribution in [1.82, 2.24) is 5.32 Å². The molecule has 114 valence electrons. The van der Waals surface area contributed by atoms with Crippen LogP contribution >= 0.6 is 11.6 Å². The van der Waals surface area contributed by atoms with Gasteiger partial charge in [-0.15, -0.1) is 0 Å². The third-order valence-corrected chi connectivity index (χ3v) is 6.62. The number of benzene rings is 1. The molecule has 3 fully saturated rings. The van der Waals surface area contributed by atoms with Crippen molar-refractivity contribution in [2.24, 2.45) is 23.7 Å². The van der Waals surface area contributed by atoms with Gasteiger partial charge in [0, 0.05) is 23.2 Å². The van der Waals surface area contributed by atoms with Gasteiger partial charge < -0.3 is 10.1 Å². The minimum Gasteiger partial charge on any atom is -0.496 e. The van der Waals surface area contributed by atoms with Crippen LogP contribution in [0.1, 0.15) is 37.7 Å². The van der Waals surface area contributed by atoms with Gasteiger partial charge >= 0.3 is 0 Å². The summed E-state index contributed by atoms with van der Waals surface area (Å²) in [6.45, 7) is 0.828. The van der Waals surface area contributed by atoms with Crippen LogP contribution in [0.4, 0.5) is 0 Å². The molecule has 1 N–H and O–H groups in total. The number of rotatable bonds is 4. The van der Waals surface area contributed by atoms with E-state index in [1.165, 1.54) is 32.1 Å². The fraction of sp³-hybridized carbons (Fsp3) is 0.667. The summed E-state index contributed by atoms with van der Waals surface area (Å²) in [5.41, 5.74) is 1.10. The first-order valence-corrected chi connectivity index (χ1v) is 8.70. The third kappa shape index (κ3) is 2.27. The van der Waals surface area contributed by atoms with Crippen LogP contribution in [0.15, 0.2) is 18.2 Å². The molecule has 5 atom stereocenters. The summed E-state index contributed by atoms with van der Waals surface area (Å²) in [6, 6.07) is 6.59. The summed E-state index contributed by atoms with van der Waals surface area (Å²) in [6.07, 6.45) is 7.27. The van der Waals surface area contributed by atoms with Crippen molar-refractivity contribution < 1.29 is 4.74 Å². The first-order chi connectivity index (χ1) is 10.3. The Morgan fingerprint density at radius 1 is 1.19 bits per heavy atom. The van der Waals surface area contributed by atoms with E-state index in [4.69, 9.17) is 16.3 Å². The maximum Gasteiger partial charge on any atom is 0.124 e. The second kappa shape index (κ2) is 5.48. The monoisotopic (exact) mass is 305 g/mol. The molecule has 3 aliphatic rings. The van der Waals surface area contributed by atoms with Crippen LogP contribution in [0.2, 0.25) is 5.02 Å². The van der Waals surface area contributed by atoms with Crippen molar-refractivity contribution in [1.29, 1.82) is 0 Å². The van der Waals surface area contributed by atoms with Crippen LogP contribution in [-0.4, -0.2) is 13.2 Å². The molecule has 1 aromatic rings. The molecule has 0 heterocycles. The van der Waals surface area contributed by atoms with Crippen LogP contribution in [0.3, 0.4) is 0 Å². The maximum atomic E-state index is 6.34. The molecule has 3 aliphatic carbocycles. The van der Waals surface area contributed by atoms with Crippen LogP contribution in [0.5, 0.6) is 5.75 Å². The average molecular weight is 306 g/mol. The van der Waals surface area contributed by atoms with Crippen molar-refractivity contribution >= 4 is 11.6 Å². The lowest BCUT2D eigenvalue weighted by Crippen LogP contribution is -2.39. The molecule has 0 radical (unpaired) electrons. The smallest absolute Gasteiger partial charge is 0.124 e.